The van der Waals surface area contributed by atoms with Crippen molar-refractivity contribution in [1.29, 1.82) is 0 Å². The van der Waals surface area contributed by atoms with E-state index in [4.69, 9.17) is 0 Å². The van der Waals surface area contributed by atoms with Crippen LogP contribution in [0.25, 0.3) is 0 Å². The highest BCUT2D eigenvalue weighted by Crippen LogP contribution is 2.32. The third-order valence-corrected chi connectivity index (χ3v) is 1.96. The lowest BCUT2D eigenvalue weighted by Gasteiger charge is -2.14. The van der Waals surface area contributed by atoms with Crippen LogP contribution in [0.4, 0.5) is 17.6 Å². The van der Waals surface area contributed by atoms with Gasteiger partial charge in [0.15, 0.2) is 0 Å². The summed E-state index contributed by atoms with van der Waals surface area (Å²) in [6.07, 6.45) is -3.36. The molecule has 1 aromatic heterocycles. The number of nitrogens with one attached hydrogen (secondary N) is 2. The maximum atomic E-state index is 12.4. The third-order valence-electron chi connectivity index (χ3n) is 1.96. The SMILES string of the molecule is CC(NCCF)c1cn[nH]c1C(F)(F)F. The number of aromatic nitrogens is 2. The molecule has 1 atom stereocenters. The number of nitrogens with zero attached hydrogens (tertiary/aromatic N) is 1. The van der Waals surface area contributed by atoms with Gasteiger partial charge >= 0.3 is 6.18 Å². The smallest absolute Gasteiger partial charge is 0.307 e. The highest BCUT2D eigenvalue weighted by molar-refractivity contribution is 5.22. The first-order chi connectivity index (χ1) is 6.96. The molecule has 0 saturated heterocycles. The van der Waals surface area contributed by atoms with Crippen molar-refractivity contribution in [3.05, 3.63) is 17.5 Å². The molecule has 7 heteroatoms. The maximum Gasteiger partial charge on any atom is 0.433 e. The third kappa shape index (κ3) is 2.92. The molecule has 0 radical (unpaired) electrons. The Labute approximate surface area is 83.9 Å². The van der Waals surface area contributed by atoms with E-state index in [1.54, 1.807) is 0 Å². The summed E-state index contributed by atoms with van der Waals surface area (Å²) in [6, 6.07) is -0.587. The number of aromatic amines is 1. The zero-order valence-electron chi connectivity index (χ0n) is 8.03. The fourth-order valence-corrected chi connectivity index (χ4v) is 1.23. The average Bonchev–Trinajstić information content (AvgIpc) is 2.61. The van der Waals surface area contributed by atoms with Crippen molar-refractivity contribution in [3.63, 3.8) is 0 Å². The highest BCUT2D eigenvalue weighted by Gasteiger charge is 2.36. The predicted molar refractivity (Wildman–Crippen MR) is 46.0 cm³/mol. The molecule has 0 amide bonds. The molecule has 2 N–H and O–H groups in total. The molecule has 0 spiro atoms. The van der Waals surface area contributed by atoms with E-state index in [1.807, 2.05) is 5.10 Å². The Kier molecular flexibility index (Phi) is 3.67. The Morgan fingerprint density at radius 1 is 1.53 bits per heavy atom. The van der Waals surface area contributed by atoms with Crippen LogP contribution in [0, 0.1) is 0 Å². The van der Waals surface area contributed by atoms with Crippen LogP contribution in [0.1, 0.15) is 24.2 Å². The fourth-order valence-electron chi connectivity index (χ4n) is 1.23. The monoisotopic (exact) mass is 225 g/mol. The van der Waals surface area contributed by atoms with E-state index in [0.717, 1.165) is 6.20 Å². The first-order valence-corrected chi connectivity index (χ1v) is 4.36. The van der Waals surface area contributed by atoms with E-state index in [9.17, 15) is 17.6 Å². The van der Waals surface area contributed by atoms with Crippen molar-refractivity contribution in [2.75, 3.05) is 13.2 Å². The van der Waals surface area contributed by atoms with Crippen LogP contribution < -0.4 is 5.32 Å². The van der Waals surface area contributed by atoms with Crippen molar-refractivity contribution in [3.8, 4) is 0 Å². The van der Waals surface area contributed by atoms with E-state index < -0.39 is 24.6 Å². The number of hydrogen-bond donors (Lipinski definition) is 2. The van der Waals surface area contributed by atoms with Crippen molar-refractivity contribution in [1.82, 2.24) is 15.5 Å². The lowest BCUT2D eigenvalue weighted by molar-refractivity contribution is -0.142. The van der Waals surface area contributed by atoms with E-state index in [0.29, 0.717) is 0 Å². The zero-order valence-corrected chi connectivity index (χ0v) is 8.03. The molecule has 1 aromatic rings. The molecule has 1 heterocycles. The standard InChI is InChI=1S/C8H11F4N3/c1-5(13-3-2-9)6-4-14-15-7(6)8(10,11)12/h4-5,13H,2-3H2,1H3,(H,14,15). The topological polar surface area (TPSA) is 40.7 Å². The van der Waals surface area contributed by atoms with Crippen molar-refractivity contribution in [2.45, 2.75) is 19.1 Å². The van der Waals surface area contributed by atoms with Gasteiger partial charge in [0.1, 0.15) is 12.4 Å². The lowest BCUT2D eigenvalue weighted by Crippen LogP contribution is -2.23. The number of hydrogen-bond acceptors (Lipinski definition) is 2. The summed E-state index contributed by atoms with van der Waals surface area (Å²) in [5, 5.41) is 7.85. The normalized spacial score (nSPS) is 14.2. The van der Waals surface area contributed by atoms with Gasteiger partial charge in [0.25, 0.3) is 0 Å². The number of alkyl halides is 4. The minimum atomic E-state index is -4.46. The van der Waals surface area contributed by atoms with Gasteiger partial charge in [-0.15, -0.1) is 0 Å². The highest BCUT2D eigenvalue weighted by atomic mass is 19.4. The molecular formula is C8H11F4N3. The second-order valence-electron chi connectivity index (χ2n) is 3.06. The Morgan fingerprint density at radius 2 is 2.20 bits per heavy atom. The largest absolute Gasteiger partial charge is 0.433 e. The minimum absolute atomic E-state index is 0.00375. The van der Waals surface area contributed by atoms with Crippen LogP contribution in [0.15, 0.2) is 6.20 Å². The summed E-state index contributed by atoms with van der Waals surface area (Å²) in [6.45, 7) is 0.920. The average molecular weight is 225 g/mol. The second kappa shape index (κ2) is 4.61. The van der Waals surface area contributed by atoms with Crippen LogP contribution in [0.2, 0.25) is 0 Å². The molecule has 1 rings (SSSR count). The van der Waals surface area contributed by atoms with Crippen molar-refractivity contribution in [2.24, 2.45) is 0 Å². The van der Waals surface area contributed by atoms with Crippen molar-refractivity contribution < 1.29 is 17.6 Å². The molecule has 0 aliphatic carbocycles. The number of rotatable bonds is 4. The van der Waals surface area contributed by atoms with Crippen LogP contribution in [-0.2, 0) is 6.18 Å². The number of H-pyrrole nitrogens is 1. The van der Waals surface area contributed by atoms with Crippen LogP contribution >= 0.6 is 0 Å². The van der Waals surface area contributed by atoms with Gasteiger partial charge in [-0.1, -0.05) is 0 Å². The van der Waals surface area contributed by atoms with Gasteiger partial charge < -0.3 is 5.32 Å². The molecule has 0 bridgehead atoms. The van der Waals surface area contributed by atoms with E-state index in [1.165, 1.54) is 6.92 Å². The molecule has 1 unspecified atom stereocenters. The Bertz CT molecular complexity index is 307. The Hall–Kier alpha value is -1.11. The van der Waals surface area contributed by atoms with Gasteiger partial charge in [0.05, 0.1) is 6.20 Å². The molecule has 3 nitrogen and oxygen atoms in total. The van der Waals surface area contributed by atoms with Gasteiger partial charge in [-0.05, 0) is 6.92 Å². The van der Waals surface area contributed by atoms with Gasteiger partial charge in [-0.2, -0.15) is 18.3 Å². The Balaban J connectivity index is 2.81. The summed E-state index contributed by atoms with van der Waals surface area (Å²) in [5.41, 5.74) is -0.891. The van der Waals surface area contributed by atoms with Crippen LogP contribution in [-0.4, -0.2) is 23.4 Å². The fraction of sp³-hybridized carbons (Fsp3) is 0.625. The predicted octanol–water partition coefficient (Wildman–Crippen LogP) is 2.05. The number of halogens is 4. The quantitative estimate of drug-likeness (QED) is 0.770. The van der Waals surface area contributed by atoms with Crippen molar-refractivity contribution >= 4 is 0 Å². The second-order valence-corrected chi connectivity index (χ2v) is 3.06. The molecule has 15 heavy (non-hydrogen) atoms. The van der Waals surface area contributed by atoms with E-state index in [2.05, 4.69) is 10.4 Å². The lowest BCUT2D eigenvalue weighted by atomic mass is 10.1. The van der Waals surface area contributed by atoms with Crippen LogP contribution in [0.3, 0.4) is 0 Å². The summed E-state index contributed by atoms with van der Waals surface area (Å²) in [7, 11) is 0. The first kappa shape index (κ1) is 12.0. The zero-order chi connectivity index (χ0) is 11.5. The van der Waals surface area contributed by atoms with Gasteiger partial charge in [-0.3, -0.25) is 5.10 Å². The molecule has 0 aromatic carbocycles. The summed E-state index contributed by atoms with van der Waals surface area (Å²) >= 11 is 0. The summed E-state index contributed by atoms with van der Waals surface area (Å²) < 4.78 is 49.0. The minimum Gasteiger partial charge on any atom is -0.307 e. The summed E-state index contributed by atoms with van der Waals surface area (Å²) in [4.78, 5) is 0. The van der Waals surface area contributed by atoms with Crippen LogP contribution in [0.5, 0.6) is 0 Å². The molecule has 0 aliphatic rings. The molecule has 0 aliphatic heterocycles. The molecule has 0 saturated carbocycles. The first-order valence-electron chi connectivity index (χ1n) is 4.36. The van der Waals surface area contributed by atoms with E-state index >= 15 is 0 Å². The van der Waals surface area contributed by atoms with Gasteiger partial charge in [0, 0.05) is 18.2 Å². The maximum absolute atomic E-state index is 12.4. The molecule has 86 valence electrons. The molecular weight excluding hydrogens is 214 g/mol. The summed E-state index contributed by atoms with van der Waals surface area (Å²) in [5.74, 6) is 0. The van der Waals surface area contributed by atoms with Gasteiger partial charge in [0.2, 0.25) is 0 Å². The Morgan fingerprint density at radius 3 is 2.73 bits per heavy atom. The van der Waals surface area contributed by atoms with Gasteiger partial charge in [-0.25, -0.2) is 4.39 Å². The van der Waals surface area contributed by atoms with E-state index in [-0.39, 0.29) is 12.1 Å². The molecule has 0 fully saturated rings.